The molecule has 6 nitrogen and oxygen atoms in total. The van der Waals surface area contributed by atoms with Gasteiger partial charge in [-0.25, -0.2) is 8.42 Å². The fraction of sp³-hybridized carbons (Fsp3) is 0.100. The van der Waals surface area contributed by atoms with Crippen LogP contribution >= 0.6 is 11.6 Å². The summed E-state index contributed by atoms with van der Waals surface area (Å²) in [5.74, 6) is -0.389. The third-order valence-corrected chi connectivity index (χ3v) is 5.75. The minimum Gasteiger partial charge on any atom is -0.346 e. The van der Waals surface area contributed by atoms with Crippen LogP contribution in [-0.4, -0.2) is 19.3 Å². The van der Waals surface area contributed by atoms with E-state index >= 15 is 0 Å². The molecule has 0 radical (unpaired) electrons. The van der Waals surface area contributed by atoms with E-state index in [4.69, 9.17) is 11.6 Å². The lowest BCUT2D eigenvalue weighted by atomic mass is 10.2. The summed E-state index contributed by atoms with van der Waals surface area (Å²) in [4.78, 5) is 16.6. The Kier molecular flexibility index (Phi) is 5.96. The molecule has 1 heterocycles. The van der Waals surface area contributed by atoms with Gasteiger partial charge in [-0.15, -0.1) is 0 Å². The van der Waals surface area contributed by atoms with Gasteiger partial charge < -0.3 is 5.32 Å². The van der Waals surface area contributed by atoms with Crippen molar-refractivity contribution in [2.75, 3.05) is 4.72 Å². The zero-order chi connectivity index (χ0) is 20.1. The highest BCUT2D eigenvalue weighted by Crippen LogP contribution is 2.24. The topological polar surface area (TPSA) is 88.2 Å². The van der Waals surface area contributed by atoms with Gasteiger partial charge in [-0.3, -0.25) is 14.5 Å². The molecule has 2 aromatic carbocycles. The molecule has 0 aliphatic heterocycles. The number of sulfonamides is 1. The molecule has 0 fully saturated rings. The van der Waals surface area contributed by atoms with Gasteiger partial charge in [0.2, 0.25) is 0 Å². The molecule has 0 saturated heterocycles. The lowest BCUT2D eigenvalue weighted by molar-refractivity contribution is 0.0950. The van der Waals surface area contributed by atoms with Gasteiger partial charge in [0.15, 0.2) is 0 Å². The number of pyridine rings is 1. The van der Waals surface area contributed by atoms with Crippen LogP contribution in [0.2, 0.25) is 5.02 Å². The van der Waals surface area contributed by atoms with E-state index in [1.165, 1.54) is 18.2 Å². The van der Waals surface area contributed by atoms with Crippen LogP contribution in [-0.2, 0) is 16.6 Å². The maximum absolute atomic E-state index is 12.6. The highest BCUT2D eigenvalue weighted by molar-refractivity contribution is 7.92. The number of carbonyl (C=O) groups is 1. The molecule has 0 unspecified atom stereocenters. The number of carbonyl (C=O) groups excluding carboxylic acids is 1. The van der Waals surface area contributed by atoms with Gasteiger partial charge in [0, 0.05) is 11.8 Å². The Morgan fingerprint density at radius 3 is 2.61 bits per heavy atom. The summed E-state index contributed by atoms with van der Waals surface area (Å²) in [5, 5.41) is 3.04. The summed E-state index contributed by atoms with van der Waals surface area (Å²) in [7, 11) is -3.89. The normalized spacial score (nSPS) is 11.1. The molecule has 0 spiro atoms. The highest BCUT2D eigenvalue weighted by atomic mass is 35.5. The van der Waals surface area contributed by atoms with E-state index in [0.717, 1.165) is 11.3 Å². The van der Waals surface area contributed by atoms with Crippen molar-refractivity contribution in [1.82, 2.24) is 10.3 Å². The molecule has 0 saturated carbocycles. The van der Waals surface area contributed by atoms with Crippen molar-refractivity contribution in [3.05, 3.63) is 88.7 Å². The van der Waals surface area contributed by atoms with Gasteiger partial charge in [-0.2, -0.15) is 0 Å². The minimum absolute atomic E-state index is 0.0333. The molecule has 144 valence electrons. The Morgan fingerprint density at radius 1 is 1.07 bits per heavy atom. The minimum atomic E-state index is -3.89. The first-order valence-electron chi connectivity index (χ1n) is 8.43. The second-order valence-corrected chi connectivity index (χ2v) is 8.15. The quantitative estimate of drug-likeness (QED) is 0.641. The number of aryl methyl sites for hydroxylation is 1. The lowest BCUT2D eigenvalue weighted by Crippen LogP contribution is -2.24. The molecule has 2 N–H and O–H groups in total. The molecule has 0 bridgehead atoms. The van der Waals surface area contributed by atoms with E-state index in [-0.39, 0.29) is 33.6 Å². The van der Waals surface area contributed by atoms with Crippen molar-refractivity contribution < 1.29 is 13.2 Å². The predicted molar refractivity (Wildman–Crippen MR) is 109 cm³/mol. The zero-order valence-electron chi connectivity index (χ0n) is 15.0. The molecular weight excluding hydrogens is 398 g/mol. The lowest BCUT2D eigenvalue weighted by Gasteiger charge is -2.11. The summed E-state index contributed by atoms with van der Waals surface area (Å²) in [5.41, 5.74) is 2.21. The van der Waals surface area contributed by atoms with Gasteiger partial charge in [0.05, 0.1) is 27.8 Å². The van der Waals surface area contributed by atoms with E-state index in [2.05, 4.69) is 15.0 Å². The molecule has 0 aliphatic carbocycles. The number of halogens is 1. The molecule has 0 atom stereocenters. The van der Waals surface area contributed by atoms with Gasteiger partial charge in [0.25, 0.3) is 15.9 Å². The Bertz CT molecular complexity index is 1120. The smallest absolute Gasteiger partial charge is 0.261 e. The van der Waals surface area contributed by atoms with E-state index in [9.17, 15) is 13.2 Å². The standard InChI is InChI=1S/C20H18ClN3O3S/c1-14-6-5-11-22-19(14)13-23-20(25)15-7-4-8-16(12-15)28(26,27)24-18-10-3-2-9-17(18)21/h2-12,24H,13H2,1H3,(H,23,25). The van der Waals surface area contributed by atoms with Crippen molar-refractivity contribution in [2.24, 2.45) is 0 Å². The highest BCUT2D eigenvalue weighted by Gasteiger charge is 2.17. The van der Waals surface area contributed by atoms with Crippen molar-refractivity contribution in [2.45, 2.75) is 18.4 Å². The van der Waals surface area contributed by atoms with Crippen molar-refractivity contribution in [1.29, 1.82) is 0 Å². The Labute approximate surface area is 168 Å². The second-order valence-electron chi connectivity index (χ2n) is 6.06. The number of anilines is 1. The number of nitrogens with one attached hydrogen (secondary N) is 2. The first-order chi connectivity index (χ1) is 13.4. The summed E-state index contributed by atoms with van der Waals surface area (Å²) in [6.45, 7) is 2.16. The first-order valence-corrected chi connectivity index (χ1v) is 10.3. The van der Waals surface area contributed by atoms with Crippen LogP contribution in [0.3, 0.4) is 0 Å². The molecule has 1 aromatic heterocycles. The SMILES string of the molecule is Cc1cccnc1CNC(=O)c1cccc(S(=O)(=O)Nc2ccccc2Cl)c1. The van der Waals surface area contributed by atoms with Crippen LogP contribution in [0.4, 0.5) is 5.69 Å². The van der Waals surface area contributed by atoms with E-state index in [0.29, 0.717) is 0 Å². The third kappa shape index (κ3) is 4.68. The number of rotatable bonds is 6. The van der Waals surface area contributed by atoms with E-state index in [1.807, 2.05) is 19.1 Å². The van der Waals surface area contributed by atoms with E-state index < -0.39 is 10.0 Å². The molecule has 28 heavy (non-hydrogen) atoms. The third-order valence-electron chi connectivity index (χ3n) is 4.06. The number of hydrogen-bond acceptors (Lipinski definition) is 4. The fourth-order valence-corrected chi connectivity index (χ4v) is 3.89. The van der Waals surface area contributed by atoms with Crippen molar-refractivity contribution in [3.63, 3.8) is 0 Å². The van der Waals surface area contributed by atoms with Crippen LogP contribution in [0.15, 0.2) is 71.8 Å². The summed E-state index contributed by atoms with van der Waals surface area (Å²) in [6, 6.07) is 16.1. The summed E-state index contributed by atoms with van der Waals surface area (Å²) >= 11 is 6.01. The maximum atomic E-state index is 12.6. The molecule has 3 aromatic rings. The average molecular weight is 416 g/mol. The zero-order valence-corrected chi connectivity index (χ0v) is 16.6. The van der Waals surface area contributed by atoms with Crippen LogP contribution < -0.4 is 10.0 Å². The number of aromatic nitrogens is 1. The van der Waals surface area contributed by atoms with Gasteiger partial charge >= 0.3 is 0 Å². The largest absolute Gasteiger partial charge is 0.346 e. The fourth-order valence-electron chi connectivity index (χ4n) is 2.52. The monoisotopic (exact) mass is 415 g/mol. The van der Waals surface area contributed by atoms with Crippen LogP contribution in [0.5, 0.6) is 0 Å². The van der Waals surface area contributed by atoms with Crippen molar-refractivity contribution >= 4 is 33.2 Å². The average Bonchev–Trinajstić information content (AvgIpc) is 2.69. The summed E-state index contributed by atoms with van der Waals surface area (Å²) in [6.07, 6.45) is 1.65. The van der Waals surface area contributed by atoms with Gasteiger partial charge in [-0.1, -0.05) is 35.9 Å². The second kappa shape index (κ2) is 8.41. The van der Waals surface area contributed by atoms with Crippen molar-refractivity contribution in [3.8, 4) is 0 Å². The Morgan fingerprint density at radius 2 is 1.86 bits per heavy atom. The predicted octanol–water partition coefficient (Wildman–Crippen LogP) is 3.77. The number of para-hydroxylation sites is 1. The Balaban J connectivity index is 1.77. The molecule has 3 rings (SSSR count). The maximum Gasteiger partial charge on any atom is 0.261 e. The molecule has 1 amide bonds. The number of nitrogens with zero attached hydrogens (tertiary/aromatic N) is 1. The van der Waals surface area contributed by atoms with Gasteiger partial charge in [-0.05, 0) is 48.9 Å². The molecule has 8 heteroatoms. The van der Waals surface area contributed by atoms with Crippen LogP contribution in [0.1, 0.15) is 21.6 Å². The molecule has 0 aliphatic rings. The molecular formula is C20H18ClN3O3S. The Hall–Kier alpha value is -2.90. The first kappa shape index (κ1) is 19.9. The number of amides is 1. The van der Waals surface area contributed by atoms with Gasteiger partial charge in [0.1, 0.15) is 0 Å². The van der Waals surface area contributed by atoms with Crippen LogP contribution in [0.25, 0.3) is 0 Å². The van der Waals surface area contributed by atoms with Crippen LogP contribution in [0, 0.1) is 6.92 Å². The number of hydrogen-bond donors (Lipinski definition) is 2. The summed E-state index contributed by atoms with van der Waals surface area (Å²) < 4.78 is 27.7. The van der Waals surface area contributed by atoms with E-state index in [1.54, 1.807) is 36.5 Å². The number of benzene rings is 2.